The summed E-state index contributed by atoms with van der Waals surface area (Å²) >= 11 is 5.66. The van der Waals surface area contributed by atoms with Gasteiger partial charge < -0.3 is 5.32 Å². The Morgan fingerprint density at radius 3 is 2.62 bits per heavy atom. The first-order valence-corrected chi connectivity index (χ1v) is 5.49. The molecule has 2 fully saturated rings. The predicted molar refractivity (Wildman–Crippen MR) is 52.7 cm³/mol. The van der Waals surface area contributed by atoms with Gasteiger partial charge in [0.15, 0.2) is 0 Å². The maximum Gasteiger partial charge on any atom is 0.237 e. The van der Waals surface area contributed by atoms with Crippen molar-refractivity contribution in [2.24, 2.45) is 11.3 Å². The molecule has 2 rings (SSSR count). The quantitative estimate of drug-likeness (QED) is 0.692. The van der Waals surface area contributed by atoms with Crippen LogP contribution in [0.5, 0.6) is 0 Å². The molecule has 2 aliphatic carbocycles. The zero-order valence-electron chi connectivity index (χ0n) is 7.98. The Morgan fingerprint density at radius 2 is 2.23 bits per heavy atom. The lowest BCUT2D eigenvalue weighted by atomic mass is 10.0. The Balaban J connectivity index is 1.76. The van der Waals surface area contributed by atoms with Crippen LogP contribution in [0.25, 0.3) is 0 Å². The molecule has 2 aliphatic rings. The van der Waals surface area contributed by atoms with Crippen molar-refractivity contribution in [1.29, 1.82) is 0 Å². The molecule has 1 N–H and O–H groups in total. The lowest BCUT2D eigenvalue weighted by Crippen LogP contribution is -2.35. The highest BCUT2D eigenvalue weighted by atomic mass is 35.5. The average molecular weight is 202 g/mol. The zero-order chi connectivity index (χ0) is 9.47. The summed E-state index contributed by atoms with van der Waals surface area (Å²) in [7, 11) is 0. The van der Waals surface area contributed by atoms with E-state index in [-0.39, 0.29) is 5.91 Å². The van der Waals surface area contributed by atoms with Crippen LogP contribution in [0.2, 0.25) is 0 Å². The number of nitrogens with one attached hydrogen (secondary N) is 1. The van der Waals surface area contributed by atoms with Crippen LogP contribution in [0.4, 0.5) is 0 Å². The number of rotatable bonds is 4. The average Bonchev–Trinajstić information content (AvgIpc) is 2.90. The molecule has 2 nitrogen and oxygen atoms in total. The van der Waals surface area contributed by atoms with Gasteiger partial charge in [0.05, 0.1) is 0 Å². The van der Waals surface area contributed by atoms with Gasteiger partial charge in [-0.1, -0.05) is 0 Å². The Bertz CT molecular complexity index is 219. The number of halogens is 1. The minimum absolute atomic E-state index is 0.0198. The van der Waals surface area contributed by atoms with Gasteiger partial charge in [-0.2, -0.15) is 0 Å². The summed E-state index contributed by atoms with van der Waals surface area (Å²) in [6.45, 7) is 2.57. The third-order valence-electron chi connectivity index (χ3n) is 3.31. The first-order valence-electron chi connectivity index (χ1n) is 5.06. The molecule has 2 saturated carbocycles. The summed E-state index contributed by atoms with van der Waals surface area (Å²) in [5, 5.41) is 2.54. The number of carbonyl (C=O) groups is 1. The number of alkyl halides is 1. The van der Waals surface area contributed by atoms with Crippen molar-refractivity contribution < 1.29 is 4.79 Å². The van der Waals surface area contributed by atoms with Gasteiger partial charge in [0.1, 0.15) is 5.38 Å². The van der Waals surface area contributed by atoms with E-state index in [0.29, 0.717) is 5.41 Å². The fourth-order valence-corrected chi connectivity index (χ4v) is 2.07. The van der Waals surface area contributed by atoms with E-state index in [0.717, 1.165) is 12.5 Å². The van der Waals surface area contributed by atoms with Crippen molar-refractivity contribution in [3.05, 3.63) is 0 Å². The van der Waals surface area contributed by atoms with Gasteiger partial charge in [0.25, 0.3) is 0 Å². The molecule has 13 heavy (non-hydrogen) atoms. The topological polar surface area (TPSA) is 29.1 Å². The maximum absolute atomic E-state index is 11.2. The zero-order valence-corrected chi connectivity index (χ0v) is 8.73. The van der Waals surface area contributed by atoms with Gasteiger partial charge in [-0.3, -0.25) is 4.79 Å². The second-order valence-electron chi connectivity index (χ2n) is 4.47. The second-order valence-corrected chi connectivity index (χ2v) is 5.13. The molecule has 0 bridgehead atoms. The summed E-state index contributed by atoms with van der Waals surface area (Å²) in [6, 6.07) is 0. The molecular weight excluding hydrogens is 186 g/mol. The largest absolute Gasteiger partial charge is 0.354 e. The molecule has 1 atom stereocenters. The summed E-state index contributed by atoms with van der Waals surface area (Å²) in [5.41, 5.74) is 0.488. The molecular formula is C10H16ClNO. The second kappa shape index (κ2) is 3.16. The van der Waals surface area contributed by atoms with Crippen LogP contribution in [0.3, 0.4) is 0 Å². The van der Waals surface area contributed by atoms with E-state index in [1.54, 1.807) is 6.92 Å². The van der Waals surface area contributed by atoms with Crippen molar-refractivity contribution in [2.75, 3.05) is 6.54 Å². The Hall–Kier alpha value is -0.240. The fourth-order valence-electron chi connectivity index (χ4n) is 1.99. The van der Waals surface area contributed by atoms with Gasteiger partial charge >= 0.3 is 0 Å². The molecule has 3 heteroatoms. The normalized spacial score (nSPS) is 26.6. The molecule has 0 aromatic rings. The first kappa shape index (κ1) is 9.32. The minimum Gasteiger partial charge on any atom is -0.354 e. The van der Waals surface area contributed by atoms with Crippen molar-refractivity contribution in [2.45, 2.75) is 38.0 Å². The summed E-state index contributed by atoms with van der Waals surface area (Å²) in [4.78, 5) is 11.2. The molecule has 0 heterocycles. The highest BCUT2D eigenvalue weighted by Gasteiger charge is 2.53. The third kappa shape index (κ3) is 1.98. The van der Waals surface area contributed by atoms with Crippen LogP contribution in [-0.4, -0.2) is 17.8 Å². The van der Waals surface area contributed by atoms with Gasteiger partial charge in [0.2, 0.25) is 5.91 Å². The molecule has 0 radical (unpaired) electrons. The highest BCUT2D eigenvalue weighted by molar-refractivity contribution is 6.30. The first-order chi connectivity index (χ1) is 6.14. The smallest absolute Gasteiger partial charge is 0.237 e. The number of carbonyl (C=O) groups excluding carboxylic acids is 1. The van der Waals surface area contributed by atoms with Gasteiger partial charge in [-0.25, -0.2) is 0 Å². The molecule has 0 aromatic carbocycles. The number of hydrogen-bond acceptors (Lipinski definition) is 1. The maximum atomic E-state index is 11.2. The predicted octanol–water partition coefficient (Wildman–Crippen LogP) is 1.92. The van der Waals surface area contributed by atoms with Crippen molar-refractivity contribution in [3.8, 4) is 0 Å². The molecule has 1 unspecified atom stereocenters. The number of amides is 1. The lowest BCUT2D eigenvalue weighted by Gasteiger charge is -2.15. The summed E-state index contributed by atoms with van der Waals surface area (Å²) < 4.78 is 0. The Morgan fingerprint density at radius 1 is 1.62 bits per heavy atom. The molecule has 74 valence electrons. The van der Waals surface area contributed by atoms with Crippen molar-refractivity contribution in [3.63, 3.8) is 0 Å². The summed E-state index contributed by atoms with van der Waals surface area (Å²) in [6.07, 6.45) is 5.34. The van der Waals surface area contributed by atoms with E-state index in [4.69, 9.17) is 11.6 Å². The van der Waals surface area contributed by atoms with Crippen molar-refractivity contribution in [1.82, 2.24) is 5.32 Å². The van der Waals surface area contributed by atoms with E-state index in [2.05, 4.69) is 5.32 Å². The van der Waals surface area contributed by atoms with Crippen LogP contribution in [-0.2, 0) is 4.79 Å². The summed E-state index contributed by atoms with van der Waals surface area (Å²) in [5.74, 6) is 0.882. The molecule has 0 aromatic heterocycles. The minimum atomic E-state index is -0.394. The highest BCUT2D eigenvalue weighted by Crippen LogP contribution is 2.60. The van der Waals surface area contributed by atoms with Crippen LogP contribution in [0.1, 0.15) is 32.6 Å². The van der Waals surface area contributed by atoms with Crippen molar-refractivity contribution >= 4 is 17.5 Å². The van der Waals surface area contributed by atoms with Gasteiger partial charge in [-0.15, -0.1) is 11.6 Å². The third-order valence-corrected chi connectivity index (χ3v) is 3.51. The Kier molecular flexibility index (Phi) is 2.26. The molecule has 1 amide bonds. The van der Waals surface area contributed by atoms with E-state index >= 15 is 0 Å². The van der Waals surface area contributed by atoms with Crippen LogP contribution in [0.15, 0.2) is 0 Å². The van der Waals surface area contributed by atoms with E-state index in [9.17, 15) is 4.79 Å². The van der Waals surface area contributed by atoms with Crippen LogP contribution < -0.4 is 5.32 Å². The molecule has 0 aliphatic heterocycles. The van der Waals surface area contributed by atoms with E-state index in [1.807, 2.05) is 0 Å². The molecule has 0 saturated heterocycles. The Labute approximate surface area is 84.0 Å². The van der Waals surface area contributed by atoms with Crippen LogP contribution >= 0.6 is 11.6 Å². The monoisotopic (exact) mass is 201 g/mol. The molecule has 0 spiro atoms. The van der Waals surface area contributed by atoms with E-state index < -0.39 is 5.38 Å². The van der Waals surface area contributed by atoms with Crippen LogP contribution in [0, 0.1) is 11.3 Å². The van der Waals surface area contributed by atoms with Gasteiger partial charge in [0, 0.05) is 6.54 Å². The SMILES string of the molecule is CC(Cl)C(=O)NCC1(C2CC2)CC1. The standard InChI is InChI=1S/C10H16ClNO/c1-7(11)9(13)12-6-10(4-5-10)8-2-3-8/h7-8H,2-6H2,1H3,(H,12,13). The lowest BCUT2D eigenvalue weighted by molar-refractivity contribution is -0.120. The fraction of sp³-hybridized carbons (Fsp3) is 0.900. The van der Waals surface area contributed by atoms with Gasteiger partial charge in [-0.05, 0) is 43.9 Å². The number of hydrogen-bond donors (Lipinski definition) is 1. The van der Waals surface area contributed by atoms with E-state index in [1.165, 1.54) is 25.7 Å².